The van der Waals surface area contributed by atoms with Crippen LogP contribution in [-0.4, -0.2) is 59.9 Å². The van der Waals surface area contributed by atoms with Crippen molar-refractivity contribution in [3.05, 3.63) is 41.7 Å². The van der Waals surface area contributed by atoms with Gasteiger partial charge in [-0.25, -0.2) is 4.98 Å². The Bertz CT molecular complexity index is 674. The van der Waals surface area contributed by atoms with Crippen molar-refractivity contribution in [3.63, 3.8) is 0 Å². The molecule has 1 aromatic carbocycles. The minimum absolute atomic E-state index is 0.0674. The molecule has 0 amide bonds. The number of nitrogens with zero attached hydrogens (tertiary/aromatic N) is 4. The van der Waals surface area contributed by atoms with Crippen LogP contribution in [0, 0.1) is 0 Å². The fraction of sp³-hybridized carbons (Fsp3) is 0.471. The number of ether oxygens (including phenoxy) is 1. The first-order valence-corrected chi connectivity index (χ1v) is 8.81. The predicted octanol–water partition coefficient (Wildman–Crippen LogP) is 2.08. The summed E-state index contributed by atoms with van der Waals surface area (Å²) in [5, 5.41) is 0.898. The third kappa shape index (κ3) is 4.17. The van der Waals surface area contributed by atoms with E-state index in [1.54, 1.807) is 0 Å². The highest BCUT2D eigenvalue weighted by atomic mass is 32.1. The van der Waals surface area contributed by atoms with Gasteiger partial charge in [-0.2, -0.15) is 4.37 Å². The molecule has 0 radical (unpaired) electrons. The molecule has 1 aromatic heterocycles. The van der Waals surface area contributed by atoms with Crippen LogP contribution in [0.25, 0.3) is 0 Å². The lowest BCUT2D eigenvalue weighted by molar-refractivity contribution is -0.0135. The average molecular weight is 346 g/mol. The lowest BCUT2D eigenvalue weighted by Gasteiger charge is -2.34. The van der Waals surface area contributed by atoms with Crippen molar-refractivity contribution in [1.82, 2.24) is 14.3 Å². The third-order valence-corrected chi connectivity index (χ3v) is 4.97. The Morgan fingerprint density at radius 2 is 2.17 bits per heavy atom. The third-order valence-electron chi connectivity index (χ3n) is 4.05. The van der Waals surface area contributed by atoms with Gasteiger partial charge in [-0.3, -0.25) is 9.69 Å². The molecule has 1 saturated heterocycles. The highest BCUT2D eigenvalue weighted by Crippen LogP contribution is 2.19. The normalized spacial score (nSPS) is 18.5. The van der Waals surface area contributed by atoms with Gasteiger partial charge in [0, 0.05) is 50.2 Å². The fourth-order valence-corrected chi connectivity index (χ4v) is 3.31. The second-order valence-electron chi connectivity index (χ2n) is 6.08. The van der Waals surface area contributed by atoms with Gasteiger partial charge in [0.05, 0.1) is 19.8 Å². The summed E-state index contributed by atoms with van der Waals surface area (Å²) in [7, 11) is 3.92. The van der Waals surface area contributed by atoms with Gasteiger partial charge in [0.15, 0.2) is 11.6 Å². The van der Waals surface area contributed by atoms with Gasteiger partial charge in [0.2, 0.25) is 5.13 Å². The SMILES string of the molecule is CN(C)c1nc(CN2CCOC[C@H]2CC(=O)c2ccccc2)ns1. The Balaban J connectivity index is 1.65. The smallest absolute Gasteiger partial charge is 0.204 e. The molecular weight excluding hydrogens is 324 g/mol. The van der Waals surface area contributed by atoms with Gasteiger partial charge in [-0.1, -0.05) is 30.3 Å². The number of anilines is 1. The van der Waals surface area contributed by atoms with E-state index in [-0.39, 0.29) is 11.8 Å². The monoisotopic (exact) mass is 346 g/mol. The minimum atomic E-state index is 0.0674. The summed E-state index contributed by atoms with van der Waals surface area (Å²) >= 11 is 1.40. The summed E-state index contributed by atoms with van der Waals surface area (Å²) in [5.74, 6) is 0.957. The van der Waals surface area contributed by atoms with Crippen LogP contribution in [-0.2, 0) is 11.3 Å². The van der Waals surface area contributed by atoms with Crippen molar-refractivity contribution < 1.29 is 9.53 Å². The van der Waals surface area contributed by atoms with E-state index in [1.165, 1.54) is 11.5 Å². The van der Waals surface area contributed by atoms with Crippen LogP contribution in [0.5, 0.6) is 0 Å². The van der Waals surface area contributed by atoms with Crippen LogP contribution in [0.15, 0.2) is 30.3 Å². The molecule has 2 aromatic rings. The van der Waals surface area contributed by atoms with Crippen LogP contribution < -0.4 is 4.90 Å². The lowest BCUT2D eigenvalue weighted by atomic mass is 10.0. The number of morpholine rings is 1. The van der Waals surface area contributed by atoms with Crippen LogP contribution in [0.4, 0.5) is 5.13 Å². The largest absolute Gasteiger partial charge is 0.378 e. The molecule has 6 nitrogen and oxygen atoms in total. The van der Waals surface area contributed by atoms with Gasteiger partial charge in [0.25, 0.3) is 0 Å². The fourth-order valence-electron chi connectivity index (χ4n) is 2.71. The number of Topliss-reactive ketones (excluding diaryl/α,β-unsaturated/α-hetero) is 1. The molecule has 0 unspecified atom stereocenters. The zero-order valence-corrected chi connectivity index (χ0v) is 14.8. The molecule has 1 fully saturated rings. The molecule has 0 spiro atoms. The van der Waals surface area contributed by atoms with E-state index >= 15 is 0 Å². The number of hydrogen-bond donors (Lipinski definition) is 0. The Morgan fingerprint density at radius 1 is 1.38 bits per heavy atom. The number of carbonyl (C=O) groups excluding carboxylic acids is 1. The van der Waals surface area contributed by atoms with E-state index in [1.807, 2.05) is 49.3 Å². The maximum absolute atomic E-state index is 12.5. The Labute approximate surface area is 146 Å². The quantitative estimate of drug-likeness (QED) is 0.747. The van der Waals surface area contributed by atoms with E-state index in [0.717, 1.165) is 23.1 Å². The van der Waals surface area contributed by atoms with E-state index in [2.05, 4.69) is 14.3 Å². The number of rotatable bonds is 6. The highest BCUT2D eigenvalue weighted by Gasteiger charge is 2.27. The molecule has 1 atom stereocenters. The lowest BCUT2D eigenvalue weighted by Crippen LogP contribution is -2.46. The molecular formula is C17H22N4O2S. The summed E-state index contributed by atoms with van der Waals surface area (Å²) in [6.45, 7) is 2.70. The second kappa shape index (κ2) is 7.83. The maximum Gasteiger partial charge on any atom is 0.204 e. The van der Waals surface area contributed by atoms with E-state index in [0.29, 0.717) is 26.2 Å². The number of ketones is 1. The van der Waals surface area contributed by atoms with Crippen LogP contribution in [0.2, 0.25) is 0 Å². The Morgan fingerprint density at radius 3 is 2.88 bits per heavy atom. The van der Waals surface area contributed by atoms with Crippen molar-refractivity contribution >= 4 is 22.4 Å². The standard InChI is InChI=1S/C17H22N4O2S/c1-20(2)17-18-16(19-24-17)11-21-8-9-23-12-14(21)10-15(22)13-6-4-3-5-7-13/h3-7,14H,8-12H2,1-2H3/t14-/m1/s1. The summed E-state index contributed by atoms with van der Waals surface area (Å²) in [5.41, 5.74) is 0.754. The van der Waals surface area contributed by atoms with E-state index in [9.17, 15) is 4.79 Å². The van der Waals surface area contributed by atoms with Gasteiger partial charge in [-0.15, -0.1) is 0 Å². The molecule has 0 N–H and O–H groups in total. The maximum atomic E-state index is 12.5. The van der Waals surface area contributed by atoms with Crippen LogP contribution in [0.1, 0.15) is 22.6 Å². The first-order chi connectivity index (χ1) is 11.6. The topological polar surface area (TPSA) is 58.6 Å². The van der Waals surface area contributed by atoms with Gasteiger partial charge in [-0.05, 0) is 0 Å². The summed E-state index contributed by atoms with van der Waals surface area (Å²) in [6, 6.07) is 9.50. The molecule has 0 bridgehead atoms. The minimum Gasteiger partial charge on any atom is -0.378 e. The molecule has 1 aliphatic heterocycles. The van der Waals surface area contributed by atoms with E-state index < -0.39 is 0 Å². The number of benzene rings is 1. The molecule has 1 aliphatic rings. The van der Waals surface area contributed by atoms with Crippen molar-refractivity contribution in [1.29, 1.82) is 0 Å². The van der Waals surface area contributed by atoms with Crippen LogP contribution >= 0.6 is 11.5 Å². The summed E-state index contributed by atoms with van der Waals surface area (Å²) in [6.07, 6.45) is 0.453. The molecule has 0 saturated carbocycles. The second-order valence-corrected chi connectivity index (χ2v) is 6.81. The van der Waals surface area contributed by atoms with Crippen molar-refractivity contribution in [2.24, 2.45) is 0 Å². The molecule has 3 rings (SSSR count). The first kappa shape index (κ1) is 17.0. The molecule has 7 heteroatoms. The zero-order valence-electron chi connectivity index (χ0n) is 14.0. The average Bonchev–Trinajstić information content (AvgIpc) is 3.06. The van der Waals surface area contributed by atoms with Crippen molar-refractivity contribution in [2.45, 2.75) is 19.0 Å². The number of hydrogen-bond acceptors (Lipinski definition) is 7. The van der Waals surface area contributed by atoms with Gasteiger partial charge in [0.1, 0.15) is 0 Å². The molecule has 24 heavy (non-hydrogen) atoms. The molecule has 0 aliphatic carbocycles. The first-order valence-electron chi connectivity index (χ1n) is 8.03. The summed E-state index contributed by atoms with van der Waals surface area (Å²) in [4.78, 5) is 21.2. The molecule has 2 heterocycles. The summed E-state index contributed by atoms with van der Waals surface area (Å²) < 4.78 is 10.0. The van der Waals surface area contributed by atoms with Gasteiger partial charge < -0.3 is 9.64 Å². The highest BCUT2D eigenvalue weighted by molar-refractivity contribution is 7.09. The Hall–Kier alpha value is -1.83. The van der Waals surface area contributed by atoms with E-state index in [4.69, 9.17) is 4.74 Å². The number of carbonyl (C=O) groups is 1. The zero-order chi connectivity index (χ0) is 16.9. The van der Waals surface area contributed by atoms with Crippen molar-refractivity contribution in [2.75, 3.05) is 38.8 Å². The predicted molar refractivity (Wildman–Crippen MR) is 94.6 cm³/mol. The van der Waals surface area contributed by atoms with Crippen molar-refractivity contribution in [3.8, 4) is 0 Å². The van der Waals surface area contributed by atoms with Gasteiger partial charge >= 0.3 is 0 Å². The van der Waals surface area contributed by atoms with Crippen LogP contribution in [0.3, 0.4) is 0 Å². The Kier molecular flexibility index (Phi) is 5.55. The molecule has 128 valence electrons. The number of aromatic nitrogens is 2.